The highest BCUT2D eigenvalue weighted by molar-refractivity contribution is 7.22. The topological polar surface area (TPSA) is 54.0 Å². The quantitative estimate of drug-likeness (QED) is 0.668. The van der Waals surface area contributed by atoms with E-state index in [1.54, 1.807) is 6.07 Å². The minimum absolute atomic E-state index is 0.0192. The molecule has 27 heavy (non-hydrogen) atoms. The van der Waals surface area contributed by atoms with Crippen LogP contribution in [-0.4, -0.2) is 23.5 Å². The number of hydrogen-bond donors (Lipinski definition) is 2. The van der Waals surface area contributed by atoms with E-state index in [1.807, 2.05) is 31.2 Å². The third-order valence-electron chi connectivity index (χ3n) is 5.23. The fourth-order valence-electron chi connectivity index (χ4n) is 3.74. The predicted molar refractivity (Wildman–Crippen MR) is 108 cm³/mol. The van der Waals surface area contributed by atoms with Crippen LogP contribution < -0.4 is 10.6 Å². The smallest absolute Gasteiger partial charge is 0.251 e. The molecule has 1 fully saturated rings. The van der Waals surface area contributed by atoms with Crippen molar-refractivity contribution in [1.29, 1.82) is 0 Å². The van der Waals surface area contributed by atoms with Crippen molar-refractivity contribution in [2.24, 2.45) is 5.92 Å². The molecule has 0 aliphatic heterocycles. The number of rotatable bonds is 5. The van der Waals surface area contributed by atoms with Gasteiger partial charge in [0.15, 0.2) is 5.13 Å². The molecule has 2 atom stereocenters. The summed E-state index contributed by atoms with van der Waals surface area (Å²) in [6, 6.07) is 12.6. The van der Waals surface area contributed by atoms with E-state index in [9.17, 15) is 9.18 Å². The van der Waals surface area contributed by atoms with Crippen LogP contribution in [0.25, 0.3) is 10.2 Å². The van der Waals surface area contributed by atoms with Crippen molar-refractivity contribution in [3.63, 3.8) is 0 Å². The second kappa shape index (κ2) is 7.64. The molecule has 4 nitrogen and oxygen atoms in total. The molecule has 1 amide bonds. The fraction of sp³-hybridized carbons (Fsp3) is 0.333. The van der Waals surface area contributed by atoms with Crippen LogP contribution in [0, 0.1) is 18.7 Å². The van der Waals surface area contributed by atoms with Crippen LogP contribution in [-0.2, 0) is 0 Å². The summed E-state index contributed by atoms with van der Waals surface area (Å²) in [7, 11) is 0. The summed E-state index contributed by atoms with van der Waals surface area (Å²) < 4.78 is 14.2. The molecule has 2 aromatic carbocycles. The lowest BCUT2D eigenvalue weighted by Gasteiger charge is -2.21. The number of benzene rings is 2. The summed E-state index contributed by atoms with van der Waals surface area (Å²) in [5.74, 6) is 0.103. The van der Waals surface area contributed by atoms with E-state index in [1.165, 1.54) is 23.5 Å². The van der Waals surface area contributed by atoms with E-state index in [4.69, 9.17) is 0 Å². The molecule has 1 heterocycles. The normalized spacial score (nSPS) is 19.3. The molecule has 4 rings (SSSR count). The van der Waals surface area contributed by atoms with Gasteiger partial charge < -0.3 is 10.6 Å². The molecule has 2 unspecified atom stereocenters. The number of nitrogens with one attached hydrogen (secondary N) is 2. The maximum Gasteiger partial charge on any atom is 0.251 e. The van der Waals surface area contributed by atoms with Gasteiger partial charge in [-0.15, -0.1) is 0 Å². The summed E-state index contributed by atoms with van der Waals surface area (Å²) in [4.78, 5) is 17.0. The second-order valence-corrected chi connectivity index (χ2v) is 8.13. The third kappa shape index (κ3) is 3.95. The van der Waals surface area contributed by atoms with Gasteiger partial charge >= 0.3 is 0 Å². The maximum absolute atomic E-state index is 13.4. The Morgan fingerprint density at radius 1 is 1.26 bits per heavy atom. The van der Waals surface area contributed by atoms with Gasteiger partial charge in [-0.05, 0) is 55.5 Å². The summed E-state index contributed by atoms with van der Waals surface area (Å²) in [5, 5.41) is 7.41. The van der Waals surface area contributed by atoms with Gasteiger partial charge in [0.2, 0.25) is 0 Å². The number of aryl methyl sites for hydroxylation is 1. The maximum atomic E-state index is 13.4. The van der Waals surface area contributed by atoms with E-state index in [-0.39, 0.29) is 17.8 Å². The first-order valence-corrected chi connectivity index (χ1v) is 10.1. The summed E-state index contributed by atoms with van der Waals surface area (Å²) >= 11 is 1.47. The summed E-state index contributed by atoms with van der Waals surface area (Å²) in [6.07, 6.45) is 3.25. The standard InChI is InChI=1S/C21H22FN3OS/c1-13-5-2-3-7-16(13)20(26)23-12-14-6-4-8-17(14)24-21-25-18-10-9-15(22)11-19(18)27-21/h2-3,5,7,9-11,14,17H,4,6,8,12H2,1H3,(H,23,26)(H,24,25). The van der Waals surface area contributed by atoms with Crippen molar-refractivity contribution >= 4 is 32.6 Å². The zero-order valence-electron chi connectivity index (χ0n) is 15.2. The number of fused-ring (bicyclic) bond motifs is 1. The predicted octanol–water partition coefficient (Wildman–Crippen LogP) is 4.75. The lowest BCUT2D eigenvalue weighted by Crippen LogP contribution is -2.35. The van der Waals surface area contributed by atoms with Crippen molar-refractivity contribution in [2.45, 2.75) is 32.2 Å². The van der Waals surface area contributed by atoms with Gasteiger partial charge in [0.1, 0.15) is 5.82 Å². The molecule has 3 aromatic rings. The van der Waals surface area contributed by atoms with Crippen LogP contribution in [0.15, 0.2) is 42.5 Å². The summed E-state index contributed by atoms with van der Waals surface area (Å²) in [6.45, 7) is 2.59. The lowest BCUT2D eigenvalue weighted by atomic mass is 10.0. The van der Waals surface area contributed by atoms with Crippen molar-refractivity contribution in [2.75, 3.05) is 11.9 Å². The van der Waals surface area contributed by atoms with E-state index >= 15 is 0 Å². The molecule has 0 bridgehead atoms. The number of halogens is 1. The molecule has 0 spiro atoms. The van der Waals surface area contributed by atoms with Crippen molar-refractivity contribution < 1.29 is 9.18 Å². The average molecular weight is 383 g/mol. The lowest BCUT2D eigenvalue weighted by molar-refractivity contribution is 0.0946. The highest BCUT2D eigenvalue weighted by Crippen LogP contribution is 2.32. The van der Waals surface area contributed by atoms with Crippen LogP contribution in [0.1, 0.15) is 35.2 Å². The Morgan fingerprint density at radius 2 is 2.11 bits per heavy atom. The van der Waals surface area contributed by atoms with Gasteiger partial charge in [-0.2, -0.15) is 0 Å². The highest BCUT2D eigenvalue weighted by Gasteiger charge is 2.28. The number of anilines is 1. The molecular weight excluding hydrogens is 361 g/mol. The zero-order chi connectivity index (χ0) is 18.8. The van der Waals surface area contributed by atoms with Gasteiger partial charge in [0.05, 0.1) is 10.2 Å². The van der Waals surface area contributed by atoms with E-state index < -0.39 is 0 Å². The third-order valence-corrected chi connectivity index (χ3v) is 6.18. The van der Waals surface area contributed by atoms with Gasteiger partial charge in [-0.25, -0.2) is 9.37 Å². The Morgan fingerprint density at radius 3 is 2.96 bits per heavy atom. The Bertz CT molecular complexity index is 971. The van der Waals surface area contributed by atoms with Crippen LogP contribution >= 0.6 is 11.3 Å². The monoisotopic (exact) mass is 383 g/mol. The molecule has 2 N–H and O–H groups in total. The van der Waals surface area contributed by atoms with E-state index in [0.717, 1.165) is 45.7 Å². The van der Waals surface area contributed by atoms with Crippen molar-refractivity contribution in [1.82, 2.24) is 10.3 Å². The number of aromatic nitrogens is 1. The molecule has 1 aliphatic carbocycles. The number of nitrogens with zero attached hydrogens (tertiary/aromatic N) is 1. The molecule has 140 valence electrons. The number of hydrogen-bond acceptors (Lipinski definition) is 4. The zero-order valence-corrected chi connectivity index (χ0v) is 16.0. The fourth-order valence-corrected chi connectivity index (χ4v) is 4.69. The first kappa shape index (κ1) is 17.9. The number of amides is 1. The Labute approximate surface area is 161 Å². The highest BCUT2D eigenvalue weighted by atomic mass is 32.1. The Hall–Kier alpha value is -2.47. The molecular formula is C21H22FN3OS. The summed E-state index contributed by atoms with van der Waals surface area (Å²) in [5.41, 5.74) is 2.53. The van der Waals surface area contributed by atoms with Gasteiger partial charge in [-0.1, -0.05) is 36.0 Å². The molecule has 6 heteroatoms. The number of carbonyl (C=O) groups is 1. The second-order valence-electron chi connectivity index (χ2n) is 7.10. The first-order valence-electron chi connectivity index (χ1n) is 9.26. The largest absolute Gasteiger partial charge is 0.358 e. The molecule has 0 radical (unpaired) electrons. The van der Waals surface area contributed by atoms with Crippen molar-refractivity contribution in [3.8, 4) is 0 Å². The number of carbonyl (C=O) groups excluding carboxylic acids is 1. The Kier molecular flexibility index (Phi) is 5.07. The van der Waals surface area contributed by atoms with Crippen LogP contribution in [0.3, 0.4) is 0 Å². The van der Waals surface area contributed by atoms with E-state index in [0.29, 0.717) is 12.5 Å². The Balaban J connectivity index is 1.40. The van der Waals surface area contributed by atoms with Gasteiger partial charge in [0.25, 0.3) is 5.91 Å². The molecule has 1 aromatic heterocycles. The first-order chi connectivity index (χ1) is 13.1. The van der Waals surface area contributed by atoms with Gasteiger partial charge in [-0.3, -0.25) is 4.79 Å². The average Bonchev–Trinajstić information content (AvgIpc) is 3.26. The van der Waals surface area contributed by atoms with Crippen LogP contribution in [0.2, 0.25) is 0 Å². The molecule has 1 saturated carbocycles. The minimum Gasteiger partial charge on any atom is -0.358 e. The number of thiazole rings is 1. The minimum atomic E-state index is -0.240. The molecule has 0 saturated heterocycles. The van der Waals surface area contributed by atoms with Gasteiger partial charge in [0, 0.05) is 18.2 Å². The molecule has 1 aliphatic rings. The van der Waals surface area contributed by atoms with Crippen molar-refractivity contribution in [3.05, 3.63) is 59.4 Å². The van der Waals surface area contributed by atoms with Crippen LogP contribution in [0.4, 0.5) is 9.52 Å². The van der Waals surface area contributed by atoms with E-state index in [2.05, 4.69) is 15.6 Å². The SMILES string of the molecule is Cc1ccccc1C(=O)NCC1CCCC1Nc1nc2ccc(F)cc2s1. The van der Waals surface area contributed by atoms with Crippen LogP contribution in [0.5, 0.6) is 0 Å².